The van der Waals surface area contributed by atoms with E-state index < -0.39 is 15.9 Å². The van der Waals surface area contributed by atoms with Gasteiger partial charge in [-0.15, -0.1) is 0 Å². The minimum atomic E-state index is -3.60. The first-order chi connectivity index (χ1) is 12.9. The lowest BCUT2D eigenvalue weighted by Gasteiger charge is -2.21. The zero-order valence-electron chi connectivity index (χ0n) is 15.3. The van der Waals surface area contributed by atoms with Crippen LogP contribution in [0.1, 0.15) is 18.9 Å². The topological polar surface area (TPSA) is 88.1 Å². The zero-order chi connectivity index (χ0) is 19.7. The van der Waals surface area contributed by atoms with Crippen molar-refractivity contribution in [1.82, 2.24) is 5.43 Å². The molecule has 0 unspecified atom stereocenters. The molecular weight excluding hydrogens is 366 g/mol. The van der Waals surface area contributed by atoms with Crippen LogP contribution in [0.4, 0.5) is 5.69 Å². The molecule has 0 radical (unpaired) electrons. The number of rotatable bonds is 9. The minimum Gasteiger partial charge on any atom is -0.494 e. The Morgan fingerprint density at radius 2 is 1.81 bits per heavy atom. The first-order valence-corrected chi connectivity index (χ1v) is 10.3. The largest absolute Gasteiger partial charge is 0.494 e. The van der Waals surface area contributed by atoms with E-state index in [-0.39, 0.29) is 6.54 Å². The third kappa shape index (κ3) is 6.74. The summed E-state index contributed by atoms with van der Waals surface area (Å²) in [6.45, 7) is 2.33. The van der Waals surface area contributed by atoms with Gasteiger partial charge in [0.25, 0.3) is 5.91 Å². The van der Waals surface area contributed by atoms with Gasteiger partial charge < -0.3 is 4.74 Å². The minimum absolute atomic E-state index is 0.357. The lowest BCUT2D eigenvalue weighted by Crippen LogP contribution is -2.38. The number of para-hydroxylation sites is 1. The molecule has 0 saturated heterocycles. The number of amides is 1. The summed E-state index contributed by atoms with van der Waals surface area (Å²) in [5.74, 6) is 0.230. The number of anilines is 1. The fourth-order valence-electron chi connectivity index (χ4n) is 2.21. The van der Waals surface area contributed by atoms with Crippen LogP contribution in [-0.4, -0.2) is 39.9 Å². The van der Waals surface area contributed by atoms with Gasteiger partial charge in [0, 0.05) is 0 Å². The van der Waals surface area contributed by atoms with Crippen LogP contribution < -0.4 is 14.5 Å². The van der Waals surface area contributed by atoms with E-state index in [2.05, 4.69) is 10.5 Å². The molecule has 8 heteroatoms. The fourth-order valence-corrected chi connectivity index (χ4v) is 3.07. The van der Waals surface area contributed by atoms with Crippen LogP contribution in [-0.2, 0) is 14.8 Å². The number of ether oxygens (including phenoxy) is 1. The number of hydrogen-bond donors (Lipinski definition) is 1. The maximum atomic E-state index is 12.1. The zero-order valence-corrected chi connectivity index (χ0v) is 16.1. The van der Waals surface area contributed by atoms with Crippen molar-refractivity contribution in [2.24, 2.45) is 5.10 Å². The average molecular weight is 389 g/mol. The van der Waals surface area contributed by atoms with Crippen molar-refractivity contribution < 1.29 is 17.9 Å². The van der Waals surface area contributed by atoms with E-state index in [1.807, 2.05) is 31.2 Å². The predicted octanol–water partition coefficient (Wildman–Crippen LogP) is 2.39. The van der Waals surface area contributed by atoms with Crippen molar-refractivity contribution in [3.63, 3.8) is 0 Å². The third-order valence-corrected chi connectivity index (χ3v) is 4.63. The average Bonchev–Trinajstić information content (AvgIpc) is 2.65. The second-order valence-corrected chi connectivity index (χ2v) is 7.72. The molecule has 0 atom stereocenters. The first kappa shape index (κ1) is 20.4. The number of benzene rings is 2. The van der Waals surface area contributed by atoms with Gasteiger partial charge in [-0.25, -0.2) is 13.8 Å². The molecular formula is C19H23N3O4S. The van der Waals surface area contributed by atoms with E-state index in [1.54, 1.807) is 30.3 Å². The van der Waals surface area contributed by atoms with E-state index in [1.165, 1.54) is 6.21 Å². The van der Waals surface area contributed by atoms with Crippen molar-refractivity contribution in [2.45, 2.75) is 13.3 Å². The predicted molar refractivity (Wildman–Crippen MR) is 107 cm³/mol. The highest BCUT2D eigenvalue weighted by atomic mass is 32.2. The van der Waals surface area contributed by atoms with Crippen LogP contribution in [0.25, 0.3) is 0 Å². The molecule has 0 saturated carbocycles. The van der Waals surface area contributed by atoms with Crippen molar-refractivity contribution in [3.8, 4) is 5.75 Å². The Labute approximate surface area is 159 Å². The maximum absolute atomic E-state index is 12.1. The number of hydrogen-bond acceptors (Lipinski definition) is 5. The molecule has 0 heterocycles. The van der Waals surface area contributed by atoms with Gasteiger partial charge in [0.05, 0.1) is 24.8 Å². The molecule has 0 aliphatic rings. The monoisotopic (exact) mass is 389 g/mol. The van der Waals surface area contributed by atoms with Crippen molar-refractivity contribution >= 4 is 27.8 Å². The Hall–Kier alpha value is -2.87. The SMILES string of the molecule is CCCOc1ccc(/C=N\NC(=O)CN(c2ccccc2)S(C)(=O)=O)cc1. The first-order valence-electron chi connectivity index (χ1n) is 8.47. The van der Waals surface area contributed by atoms with Crippen LogP contribution in [0.15, 0.2) is 59.7 Å². The summed E-state index contributed by atoms with van der Waals surface area (Å²) >= 11 is 0. The number of carbonyl (C=O) groups is 1. The van der Waals surface area contributed by atoms with E-state index >= 15 is 0 Å². The van der Waals surface area contributed by atoms with Gasteiger partial charge in [-0.2, -0.15) is 5.10 Å². The molecule has 0 aliphatic carbocycles. The quantitative estimate of drug-likeness (QED) is 0.527. The smallest absolute Gasteiger partial charge is 0.260 e. The maximum Gasteiger partial charge on any atom is 0.260 e. The van der Waals surface area contributed by atoms with Gasteiger partial charge in [-0.1, -0.05) is 25.1 Å². The molecule has 2 rings (SSSR count). The van der Waals surface area contributed by atoms with Gasteiger partial charge in [0.15, 0.2) is 0 Å². The molecule has 27 heavy (non-hydrogen) atoms. The van der Waals surface area contributed by atoms with Gasteiger partial charge in [0.1, 0.15) is 12.3 Å². The number of nitrogens with one attached hydrogen (secondary N) is 1. The summed E-state index contributed by atoms with van der Waals surface area (Å²) in [6, 6.07) is 15.7. The summed E-state index contributed by atoms with van der Waals surface area (Å²) in [6.07, 6.45) is 3.47. The Morgan fingerprint density at radius 3 is 2.41 bits per heavy atom. The van der Waals surface area contributed by atoms with Gasteiger partial charge in [-0.05, 0) is 48.4 Å². The van der Waals surface area contributed by atoms with E-state index in [4.69, 9.17) is 4.74 Å². The summed E-state index contributed by atoms with van der Waals surface area (Å²) in [5.41, 5.74) is 3.54. The van der Waals surface area contributed by atoms with Crippen LogP contribution in [0.2, 0.25) is 0 Å². The van der Waals surface area contributed by atoms with Crippen molar-refractivity contribution in [1.29, 1.82) is 0 Å². The number of sulfonamides is 1. The molecule has 0 bridgehead atoms. The third-order valence-electron chi connectivity index (χ3n) is 3.49. The molecule has 2 aromatic carbocycles. The van der Waals surface area contributed by atoms with Gasteiger partial charge in [0.2, 0.25) is 10.0 Å². The molecule has 1 N–H and O–H groups in total. The van der Waals surface area contributed by atoms with Crippen LogP contribution in [0.3, 0.4) is 0 Å². The number of carbonyl (C=O) groups excluding carboxylic acids is 1. The van der Waals surface area contributed by atoms with Crippen LogP contribution >= 0.6 is 0 Å². The number of nitrogens with zero attached hydrogens (tertiary/aromatic N) is 2. The highest BCUT2D eigenvalue weighted by molar-refractivity contribution is 7.92. The summed E-state index contributed by atoms with van der Waals surface area (Å²) in [5, 5.41) is 3.88. The van der Waals surface area contributed by atoms with Gasteiger partial charge >= 0.3 is 0 Å². The molecule has 2 aromatic rings. The fraction of sp³-hybridized carbons (Fsp3) is 0.263. The Balaban J connectivity index is 1.95. The molecule has 0 aliphatic heterocycles. The van der Waals surface area contributed by atoms with Crippen LogP contribution in [0, 0.1) is 0 Å². The lowest BCUT2D eigenvalue weighted by atomic mass is 10.2. The summed E-state index contributed by atoms with van der Waals surface area (Å²) in [4.78, 5) is 12.1. The second kappa shape index (κ2) is 9.72. The number of hydrazone groups is 1. The van der Waals surface area contributed by atoms with Crippen molar-refractivity contribution in [3.05, 3.63) is 60.2 Å². The molecule has 0 fully saturated rings. The normalized spacial score (nSPS) is 11.3. The van der Waals surface area contributed by atoms with Crippen LogP contribution in [0.5, 0.6) is 5.75 Å². The molecule has 1 amide bonds. The second-order valence-electron chi connectivity index (χ2n) is 5.82. The van der Waals surface area contributed by atoms with E-state index in [0.717, 1.165) is 28.3 Å². The Kier molecular flexibility index (Phi) is 7.36. The highest BCUT2D eigenvalue weighted by Crippen LogP contribution is 2.16. The molecule has 0 aromatic heterocycles. The van der Waals surface area contributed by atoms with E-state index in [0.29, 0.717) is 12.3 Å². The van der Waals surface area contributed by atoms with Gasteiger partial charge in [-0.3, -0.25) is 9.10 Å². The summed E-state index contributed by atoms with van der Waals surface area (Å²) < 4.78 is 30.4. The van der Waals surface area contributed by atoms with Crippen molar-refractivity contribution in [2.75, 3.05) is 23.7 Å². The van der Waals surface area contributed by atoms with E-state index in [9.17, 15) is 13.2 Å². The molecule has 7 nitrogen and oxygen atoms in total. The molecule has 0 spiro atoms. The Morgan fingerprint density at radius 1 is 1.15 bits per heavy atom. The highest BCUT2D eigenvalue weighted by Gasteiger charge is 2.20. The Bertz CT molecular complexity index is 866. The summed E-state index contributed by atoms with van der Waals surface area (Å²) in [7, 11) is -3.60. The lowest BCUT2D eigenvalue weighted by molar-refractivity contribution is -0.119. The molecule has 144 valence electrons. The standard InChI is InChI=1S/C19H23N3O4S/c1-3-13-26-18-11-9-16(10-12-18)14-20-21-19(23)15-22(27(2,24)25)17-7-5-4-6-8-17/h4-12,14H,3,13,15H2,1-2H3,(H,21,23)/b20-14-.